The third kappa shape index (κ3) is 4.66. The Morgan fingerprint density at radius 1 is 0.958 bits per heavy atom. The number of hydrogen-bond acceptors (Lipinski definition) is 3. The minimum absolute atomic E-state index is 0.154. The van der Waals surface area contributed by atoms with Gasteiger partial charge in [-0.15, -0.1) is 0 Å². The molecule has 0 saturated carbocycles. The van der Waals surface area contributed by atoms with E-state index in [1.165, 1.54) is 0 Å². The van der Waals surface area contributed by atoms with E-state index in [2.05, 4.69) is 10.0 Å². The molecule has 24 heavy (non-hydrogen) atoms. The van der Waals surface area contributed by atoms with Gasteiger partial charge in [-0.2, -0.15) is 0 Å². The van der Waals surface area contributed by atoms with E-state index in [1.54, 1.807) is 30.3 Å². The van der Waals surface area contributed by atoms with Gasteiger partial charge in [0, 0.05) is 5.69 Å². The molecule has 2 aromatic carbocycles. The molecule has 0 atom stereocenters. The van der Waals surface area contributed by atoms with Gasteiger partial charge in [0.1, 0.15) is 0 Å². The first kappa shape index (κ1) is 18.2. The molecule has 0 spiro atoms. The molecule has 6 heteroatoms. The van der Waals surface area contributed by atoms with Crippen molar-refractivity contribution < 1.29 is 13.2 Å². The highest BCUT2D eigenvalue weighted by molar-refractivity contribution is 7.89. The SMILES string of the molecule is CCc1ccc(S(=O)(=O)NCC(=O)Nc2ccccc2CC)cc1. The molecule has 2 rings (SSSR count). The van der Waals surface area contributed by atoms with Crippen molar-refractivity contribution in [1.82, 2.24) is 4.72 Å². The second kappa shape index (κ2) is 8.08. The van der Waals surface area contributed by atoms with Crippen LogP contribution in [0.25, 0.3) is 0 Å². The van der Waals surface area contributed by atoms with E-state index in [9.17, 15) is 13.2 Å². The van der Waals surface area contributed by atoms with Crippen LogP contribution in [0.4, 0.5) is 5.69 Å². The van der Waals surface area contributed by atoms with E-state index >= 15 is 0 Å². The van der Waals surface area contributed by atoms with Crippen molar-refractivity contribution in [3.8, 4) is 0 Å². The maximum Gasteiger partial charge on any atom is 0.241 e. The van der Waals surface area contributed by atoms with Crippen LogP contribution in [-0.4, -0.2) is 20.9 Å². The van der Waals surface area contributed by atoms with Crippen LogP contribution in [0.2, 0.25) is 0 Å². The van der Waals surface area contributed by atoms with E-state index in [0.29, 0.717) is 5.69 Å². The van der Waals surface area contributed by atoms with Gasteiger partial charge < -0.3 is 5.32 Å². The molecule has 0 unspecified atom stereocenters. The third-order valence-electron chi connectivity index (χ3n) is 3.74. The van der Waals surface area contributed by atoms with Gasteiger partial charge in [-0.1, -0.05) is 44.2 Å². The first-order valence-electron chi connectivity index (χ1n) is 7.92. The molecule has 1 amide bonds. The lowest BCUT2D eigenvalue weighted by Crippen LogP contribution is -2.33. The fourth-order valence-electron chi connectivity index (χ4n) is 2.29. The van der Waals surface area contributed by atoms with Crippen LogP contribution in [-0.2, 0) is 27.7 Å². The highest BCUT2D eigenvalue weighted by Gasteiger charge is 2.15. The Morgan fingerprint density at radius 2 is 1.62 bits per heavy atom. The van der Waals surface area contributed by atoms with Crippen molar-refractivity contribution in [2.24, 2.45) is 0 Å². The molecule has 5 nitrogen and oxygen atoms in total. The topological polar surface area (TPSA) is 75.3 Å². The lowest BCUT2D eigenvalue weighted by atomic mass is 10.1. The smallest absolute Gasteiger partial charge is 0.241 e. The predicted octanol–water partition coefficient (Wildman–Crippen LogP) is 2.73. The fraction of sp³-hybridized carbons (Fsp3) is 0.278. The number of sulfonamides is 1. The summed E-state index contributed by atoms with van der Waals surface area (Å²) in [5.74, 6) is -0.398. The zero-order valence-electron chi connectivity index (χ0n) is 13.9. The molecule has 0 heterocycles. The van der Waals surface area contributed by atoms with Crippen LogP contribution in [0.3, 0.4) is 0 Å². The van der Waals surface area contributed by atoms with Crippen LogP contribution in [0, 0.1) is 0 Å². The van der Waals surface area contributed by atoms with Crippen LogP contribution in [0.5, 0.6) is 0 Å². The number of carbonyl (C=O) groups is 1. The van der Waals surface area contributed by atoms with Gasteiger partial charge in [-0.25, -0.2) is 13.1 Å². The number of aryl methyl sites for hydroxylation is 2. The number of hydrogen-bond donors (Lipinski definition) is 2. The van der Waals surface area contributed by atoms with Crippen LogP contribution in [0.15, 0.2) is 53.4 Å². The van der Waals surface area contributed by atoms with Gasteiger partial charge in [-0.3, -0.25) is 4.79 Å². The fourth-order valence-corrected chi connectivity index (χ4v) is 3.28. The first-order chi connectivity index (χ1) is 11.5. The summed E-state index contributed by atoms with van der Waals surface area (Å²) in [5, 5.41) is 2.74. The van der Waals surface area contributed by atoms with Crippen LogP contribution >= 0.6 is 0 Å². The Balaban J connectivity index is 1.99. The normalized spacial score (nSPS) is 11.2. The zero-order chi connectivity index (χ0) is 17.6. The average Bonchev–Trinajstić information content (AvgIpc) is 2.60. The Bertz CT molecular complexity index is 799. The minimum atomic E-state index is -3.70. The summed E-state index contributed by atoms with van der Waals surface area (Å²) in [6.45, 7) is 3.68. The predicted molar refractivity (Wildman–Crippen MR) is 95.5 cm³/mol. The van der Waals surface area contributed by atoms with Crippen molar-refractivity contribution in [2.45, 2.75) is 31.6 Å². The average molecular weight is 346 g/mol. The van der Waals surface area contributed by atoms with Crippen LogP contribution < -0.4 is 10.0 Å². The molecule has 0 aliphatic rings. The maximum absolute atomic E-state index is 12.2. The molecule has 0 bridgehead atoms. The van der Waals surface area contributed by atoms with Crippen molar-refractivity contribution in [3.63, 3.8) is 0 Å². The first-order valence-corrected chi connectivity index (χ1v) is 9.41. The van der Waals surface area contributed by atoms with Crippen molar-refractivity contribution in [3.05, 3.63) is 59.7 Å². The Hall–Kier alpha value is -2.18. The molecular formula is C18H22N2O3S. The quantitative estimate of drug-likeness (QED) is 0.809. The minimum Gasteiger partial charge on any atom is -0.325 e. The Kier molecular flexibility index (Phi) is 6.11. The summed E-state index contributed by atoms with van der Waals surface area (Å²) in [6, 6.07) is 14.1. The number of para-hydroxylation sites is 1. The summed E-state index contributed by atoms with van der Waals surface area (Å²) in [6.07, 6.45) is 1.62. The van der Waals surface area contributed by atoms with E-state index in [1.807, 2.05) is 32.0 Å². The van der Waals surface area contributed by atoms with Gasteiger partial charge in [0.2, 0.25) is 15.9 Å². The lowest BCUT2D eigenvalue weighted by Gasteiger charge is -2.11. The van der Waals surface area contributed by atoms with Crippen molar-refractivity contribution in [1.29, 1.82) is 0 Å². The molecule has 0 aliphatic heterocycles. The molecule has 128 valence electrons. The second-order valence-electron chi connectivity index (χ2n) is 5.38. The van der Waals surface area contributed by atoms with Gasteiger partial charge in [0.15, 0.2) is 0 Å². The molecule has 0 saturated heterocycles. The van der Waals surface area contributed by atoms with Gasteiger partial charge in [-0.05, 0) is 42.2 Å². The summed E-state index contributed by atoms with van der Waals surface area (Å²) in [7, 11) is -3.70. The monoisotopic (exact) mass is 346 g/mol. The van der Waals surface area contributed by atoms with Crippen LogP contribution in [0.1, 0.15) is 25.0 Å². The number of benzene rings is 2. The lowest BCUT2D eigenvalue weighted by molar-refractivity contribution is -0.115. The molecular weight excluding hydrogens is 324 g/mol. The second-order valence-corrected chi connectivity index (χ2v) is 7.15. The molecule has 2 aromatic rings. The molecule has 0 aliphatic carbocycles. The molecule has 2 N–H and O–H groups in total. The number of carbonyl (C=O) groups excluding carboxylic acids is 1. The Labute approximate surface area is 143 Å². The number of amides is 1. The van der Waals surface area contributed by atoms with E-state index in [0.717, 1.165) is 24.0 Å². The van der Waals surface area contributed by atoms with Gasteiger partial charge in [0.05, 0.1) is 11.4 Å². The molecule has 0 radical (unpaired) electrons. The van der Waals surface area contributed by atoms with E-state index < -0.39 is 15.9 Å². The maximum atomic E-state index is 12.2. The van der Waals surface area contributed by atoms with Crippen molar-refractivity contribution in [2.75, 3.05) is 11.9 Å². The van der Waals surface area contributed by atoms with E-state index in [-0.39, 0.29) is 11.4 Å². The third-order valence-corrected chi connectivity index (χ3v) is 5.15. The number of nitrogens with one attached hydrogen (secondary N) is 2. The van der Waals surface area contributed by atoms with E-state index in [4.69, 9.17) is 0 Å². The standard InChI is InChI=1S/C18H22N2O3S/c1-3-14-9-11-16(12-10-14)24(22,23)19-13-18(21)20-17-8-6-5-7-15(17)4-2/h5-12,19H,3-4,13H2,1-2H3,(H,20,21). The van der Waals surface area contributed by atoms with Gasteiger partial charge >= 0.3 is 0 Å². The summed E-state index contributed by atoms with van der Waals surface area (Å²) >= 11 is 0. The highest BCUT2D eigenvalue weighted by Crippen LogP contribution is 2.15. The van der Waals surface area contributed by atoms with Crippen molar-refractivity contribution >= 4 is 21.6 Å². The summed E-state index contributed by atoms with van der Waals surface area (Å²) in [4.78, 5) is 12.2. The largest absolute Gasteiger partial charge is 0.325 e. The number of anilines is 1. The summed E-state index contributed by atoms with van der Waals surface area (Å²) < 4.78 is 26.8. The Morgan fingerprint density at radius 3 is 2.25 bits per heavy atom. The van der Waals surface area contributed by atoms with Gasteiger partial charge in [0.25, 0.3) is 0 Å². The highest BCUT2D eigenvalue weighted by atomic mass is 32.2. The summed E-state index contributed by atoms with van der Waals surface area (Å²) in [5.41, 5.74) is 2.77. The molecule has 0 fully saturated rings. The zero-order valence-corrected chi connectivity index (χ0v) is 14.7. The number of rotatable bonds is 7. The molecule has 0 aromatic heterocycles.